The van der Waals surface area contributed by atoms with Crippen LogP contribution in [0.2, 0.25) is 0 Å². The number of nitrogens with two attached hydrogens (primary N) is 1. The van der Waals surface area contributed by atoms with E-state index in [-0.39, 0.29) is 6.61 Å². The molecule has 0 aliphatic carbocycles. The molecule has 0 aromatic heterocycles. The molecule has 1 aromatic rings. The molecular formula is C17H28N4O3. The van der Waals surface area contributed by atoms with E-state index in [1.165, 1.54) is 5.56 Å². The first-order valence-electron chi connectivity index (χ1n) is 8.25. The number of hydrogen-bond acceptors (Lipinski definition) is 4. The normalized spacial score (nSPS) is 11.2. The number of amides is 1. The molecule has 0 bridgehead atoms. The molecule has 0 aliphatic rings. The summed E-state index contributed by atoms with van der Waals surface area (Å²) in [6.07, 6.45) is 0.853. The molecular weight excluding hydrogens is 308 g/mol. The predicted octanol–water partition coefficient (Wildman–Crippen LogP) is 0.685. The highest BCUT2D eigenvalue weighted by Gasteiger charge is 2.00. The van der Waals surface area contributed by atoms with Crippen LogP contribution in [-0.2, 0) is 16.0 Å². The monoisotopic (exact) mass is 336 g/mol. The van der Waals surface area contributed by atoms with Crippen molar-refractivity contribution in [2.45, 2.75) is 20.3 Å². The Morgan fingerprint density at radius 2 is 1.96 bits per heavy atom. The highest BCUT2D eigenvalue weighted by Crippen LogP contribution is 2.12. The molecule has 7 heteroatoms. The molecule has 0 radical (unpaired) electrons. The number of ether oxygens (including phenoxy) is 2. The van der Waals surface area contributed by atoms with Gasteiger partial charge in [-0.1, -0.05) is 12.1 Å². The minimum atomic E-state index is -0.483. The van der Waals surface area contributed by atoms with Crippen molar-refractivity contribution in [3.63, 3.8) is 0 Å². The smallest absolute Gasteiger partial charge is 0.255 e. The molecule has 0 saturated carbocycles. The number of primary amides is 1. The molecule has 0 unspecified atom stereocenters. The lowest BCUT2D eigenvalue weighted by molar-refractivity contribution is -0.119. The summed E-state index contributed by atoms with van der Waals surface area (Å²) in [6, 6.07) is 7.60. The van der Waals surface area contributed by atoms with E-state index in [2.05, 4.69) is 15.6 Å². The average Bonchev–Trinajstić information content (AvgIpc) is 2.58. The summed E-state index contributed by atoms with van der Waals surface area (Å²) in [5.41, 5.74) is 6.21. The Morgan fingerprint density at radius 1 is 1.21 bits per heavy atom. The predicted molar refractivity (Wildman–Crippen MR) is 95.3 cm³/mol. The van der Waals surface area contributed by atoms with Gasteiger partial charge in [0, 0.05) is 19.7 Å². The fourth-order valence-corrected chi connectivity index (χ4v) is 1.94. The van der Waals surface area contributed by atoms with Crippen molar-refractivity contribution in [3.05, 3.63) is 29.8 Å². The number of guanidine groups is 1. The number of aliphatic imine (C=N–C) groups is 1. The van der Waals surface area contributed by atoms with Crippen LogP contribution < -0.4 is 21.1 Å². The van der Waals surface area contributed by atoms with E-state index in [9.17, 15) is 4.79 Å². The van der Waals surface area contributed by atoms with Crippen LogP contribution in [0.5, 0.6) is 5.75 Å². The van der Waals surface area contributed by atoms with Crippen LogP contribution in [0.15, 0.2) is 29.3 Å². The lowest BCUT2D eigenvalue weighted by Crippen LogP contribution is -2.38. The van der Waals surface area contributed by atoms with Gasteiger partial charge in [-0.2, -0.15) is 0 Å². The Morgan fingerprint density at radius 3 is 2.58 bits per heavy atom. The molecule has 24 heavy (non-hydrogen) atoms. The van der Waals surface area contributed by atoms with Crippen LogP contribution in [0, 0.1) is 0 Å². The number of nitrogens with zero attached hydrogens (tertiary/aromatic N) is 1. The fraction of sp³-hybridized carbons (Fsp3) is 0.529. The molecule has 134 valence electrons. The SMILES string of the molecule is CCNC(=NCCOCC)NCCc1ccc(OCC(N)=O)cc1. The average molecular weight is 336 g/mol. The number of benzene rings is 1. The largest absolute Gasteiger partial charge is 0.484 e. The Labute approximate surface area is 143 Å². The first kappa shape index (κ1) is 19.8. The van der Waals surface area contributed by atoms with Crippen LogP contribution in [0.25, 0.3) is 0 Å². The first-order valence-corrected chi connectivity index (χ1v) is 8.25. The van der Waals surface area contributed by atoms with E-state index in [1.807, 2.05) is 38.1 Å². The molecule has 4 N–H and O–H groups in total. The van der Waals surface area contributed by atoms with Crippen molar-refractivity contribution < 1.29 is 14.3 Å². The Hall–Kier alpha value is -2.28. The zero-order chi connectivity index (χ0) is 17.6. The second kappa shape index (κ2) is 12.2. The molecule has 0 saturated heterocycles. The summed E-state index contributed by atoms with van der Waals surface area (Å²) >= 11 is 0. The minimum absolute atomic E-state index is 0.106. The van der Waals surface area contributed by atoms with Gasteiger partial charge in [0.1, 0.15) is 5.75 Å². The van der Waals surface area contributed by atoms with E-state index in [1.54, 1.807) is 0 Å². The van der Waals surface area contributed by atoms with Crippen molar-refractivity contribution in [1.29, 1.82) is 0 Å². The van der Waals surface area contributed by atoms with Crippen LogP contribution in [0.3, 0.4) is 0 Å². The van der Waals surface area contributed by atoms with Gasteiger partial charge in [0.15, 0.2) is 12.6 Å². The van der Waals surface area contributed by atoms with Crippen LogP contribution in [0.1, 0.15) is 19.4 Å². The van der Waals surface area contributed by atoms with E-state index in [0.29, 0.717) is 25.5 Å². The summed E-state index contributed by atoms with van der Waals surface area (Å²) in [6.45, 7) is 7.44. The summed E-state index contributed by atoms with van der Waals surface area (Å²) in [5, 5.41) is 6.49. The number of carbonyl (C=O) groups is 1. The second-order valence-corrected chi connectivity index (χ2v) is 5.03. The fourth-order valence-electron chi connectivity index (χ4n) is 1.94. The standard InChI is InChI=1S/C17H28N4O3/c1-3-19-17(21-11-12-23-4-2)20-10-9-14-5-7-15(8-6-14)24-13-16(18)22/h5-8H,3-4,9-13H2,1-2H3,(H2,18,22)(H2,19,20,21). The van der Waals surface area contributed by atoms with Gasteiger partial charge in [-0.25, -0.2) is 0 Å². The second-order valence-electron chi connectivity index (χ2n) is 5.03. The molecule has 1 rings (SSSR count). The van der Waals surface area contributed by atoms with E-state index in [4.69, 9.17) is 15.2 Å². The lowest BCUT2D eigenvalue weighted by Gasteiger charge is -2.11. The molecule has 1 amide bonds. The molecule has 0 spiro atoms. The van der Waals surface area contributed by atoms with Gasteiger partial charge in [0.05, 0.1) is 13.2 Å². The molecule has 1 aromatic carbocycles. The molecule has 0 heterocycles. The number of carbonyl (C=O) groups excluding carboxylic acids is 1. The maximum atomic E-state index is 10.7. The van der Waals surface area contributed by atoms with Gasteiger partial charge in [-0.15, -0.1) is 0 Å². The third-order valence-corrected chi connectivity index (χ3v) is 3.06. The molecule has 0 fully saturated rings. The van der Waals surface area contributed by atoms with Gasteiger partial charge in [-0.05, 0) is 38.0 Å². The van der Waals surface area contributed by atoms with Gasteiger partial charge >= 0.3 is 0 Å². The van der Waals surface area contributed by atoms with Crippen LogP contribution in [0.4, 0.5) is 0 Å². The van der Waals surface area contributed by atoms with Crippen molar-refractivity contribution >= 4 is 11.9 Å². The minimum Gasteiger partial charge on any atom is -0.484 e. The third-order valence-electron chi connectivity index (χ3n) is 3.06. The zero-order valence-electron chi connectivity index (χ0n) is 14.5. The maximum absolute atomic E-state index is 10.7. The quantitative estimate of drug-likeness (QED) is 0.314. The van der Waals surface area contributed by atoms with Crippen LogP contribution in [-0.4, -0.2) is 51.3 Å². The summed E-state index contributed by atoms with van der Waals surface area (Å²) < 4.78 is 10.5. The summed E-state index contributed by atoms with van der Waals surface area (Å²) in [7, 11) is 0. The first-order chi connectivity index (χ1) is 11.7. The summed E-state index contributed by atoms with van der Waals surface area (Å²) in [5.74, 6) is 0.942. The number of nitrogens with one attached hydrogen (secondary N) is 2. The van der Waals surface area contributed by atoms with Gasteiger partial charge in [0.25, 0.3) is 5.91 Å². The van der Waals surface area contributed by atoms with E-state index >= 15 is 0 Å². The third kappa shape index (κ3) is 8.99. The Kier molecular flexibility index (Phi) is 10.0. The highest BCUT2D eigenvalue weighted by atomic mass is 16.5. The lowest BCUT2D eigenvalue weighted by atomic mass is 10.1. The maximum Gasteiger partial charge on any atom is 0.255 e. The molecule has 0 atom stereocenters. The number of rotatable bonds is 11. The van der Waals surface area contributed by atoms with Crippen molar-refractivity contribution in [3.8, 4) is 5.75 Å². The van der Waals surface area contributed by atoms with E-state index < -0.39 is 5.91 Å². The van der Waals surface area contributed by atoms with Gasteiger partial charge in [0.2, 0.25) is 0 Å². The Bertz CT molecular complexity index is 503. The molecule has 7 nitrogen and oxygen atoms in total. The zero-order valence-corrected chi connectivity index (χ0v) is 14.5. The van der Waals surface area contributed by atoms with Gasteiger partial charge < -0.3 is 25.8 Å². The van der Waals surface area contributed by atoms with Crippen molar-refractivity contribution in [1.82, 2.24) is 10.6 Å². The van der Waals surface area contributed by atoms with E-state index in [0.717, 1.165) is 25.5 Å². The number of hydrogen-bond donors (Lipinski definition) is 3. The van der Waals surface area contributed by atoms with Crippen molar-refractivity contribution in [2.75, 3.05) is 39.5 Å². The highest BCUT2D eigenvalue weighted by molar-refractivity contribution is 5.79. The Balaban J connectivity index is 2.36. The summed E-state index contributed by atoms with van der Waals surface area (Å²) in [4.78, 5) is 15.1. The topological polar surface area (TPSA) is 98.0 Å². The van der Waals surface area contributed by atoms with Crippen LogP contribution >= 0.6 is 0 Å². The molecule has 0 aliphatic heterocycles. The van der Waals surface area contributed by atoms with Crippen molar-refractivity contribution in [2.24, 2.45) is 10.7 Å². The van der Waals surface area contributed by atoms with Gasteiger partial charge in [-0.3, -0.25) is 9.79 Å².